The molecule has 0 fully saturated rings. The molecule has 0 aliphatic carbocycles. The normalized spacial score (nSPS) is 11.4. The monoisotopic (exact) mass is 419 g/mol. The van der Waals surface area contributed by atoms with Gasteiger partial charge in [0.2, 0.25) is 5.91 Å². The van der Waals surface area contributed by atoms with E-state index in [1.807, 2.05) is 12.1 Å². The van der Waals surface area contributed by atoms with Crippen LogP contribution in [0.5, 0.6) is 0 Å². The predicted molar refractivity (Wildman–Crippen MR) is 116 cm³/mol. The van der Waals surface area contributed by atoms with E-state index in [1.54, 1.807) is 67.8 Å². The molecule has 0 radical (unpaired) electrons. The van der Waals surface area contributed by atoms with Crippen LogP contribution in [0.15, 0.2) is 77.4 Å². The lowest BCUT2D eigenvalue weighted by Crippen LogP contribution is -2.37. The summed E-state index contributed by atoms with van der Waals surface area (Å²) in [5, 5.41) is 8.43. The van der Waals surface area contributed by atoms with E-state index in [-0.39, 0.29) is 36.7 Å². The smallest absolute Gasteiger partial charge is 0.251 e. The molecule has 0 saturated carbocycles. The summed E-state index contributed by atoms with van der Waals surface area (Å²) in [6.45, 7) is 2.38. The minimum atomic E-state index is -0.314. The first kappa shape index (κ1) is 21.8. The second kappa shape index (κ2) is 10.8. The van der Waals surface area contributed by atoms with E-state index in [0.29, 0.717) is 23.4 Å². The molecule has 0 aliphatic rings. The molecule has 3 aromatic rings. The van der Waals surface area contributed by atoms with Gasteiger partial charge in [-0.15, -0.1) is 0 Å². The molecule has 1 aromatic heterocycles. The molecule has 1 heterocycles. The van der Waals surface area contributed by atoms with Gasteiger partial charge in [0, 0.05) is 30.1 Å². The minimum Gasteiger partial charge on any atom is -0.467 e. The zero-order valence-electron chi connectivity index (χ0n) is 17.3. The highest BCUT2D eigenvalue weighted by Crippen LogP contribution is 2.07. The molecule has 3 rings (SSSR count). The molecular formula is C24H25N3O4. The first-order valence-electron chi connectivity index (χ1n) is 10.0. The van der Waals surface area contributed by atoms with Crippen molar-refractivity contribution in [2.24, 2.45) is 0 Å². The Balaban J connectivity index is 1.44. The van der Waals surface area contributed by atoms with E-state index >= 15 is 0 Å². The van der Waals surface area contributed by atoms with E-state index in [0.717, 1.165) is 5.56 Å². The van der Waals surface area contributed by atoms with Gasteiger partial charge in [-0.25, -0.2) is 0 Å². The zero-order valence-corrected chi connectivity index (χ0v) is 17.3. The van der Waals surface area contributed by atoms with Gasteiger partial charge in [0.05, 0.1) is 12.8 Å². The van der Waals surface area contributed by atoms with E-state index in [9.17, 15) is 14.4 Å². The highest BCUT2D eigenvalue weighted by atomic mass is 16.3. The summed E-state index contributed by atoms with van der Waals surface area (Å²) in [4.78, 5) is 36.7. The van der Waals surface area contributed by atoms with Gasteiger partial charge in [0.25, 0.3) is 11.8 Å². The lowest BCUT2D eigenvalue weighted by atomic mass is 10.1. The predicted octanol–water partition coefficient (Wildman–Crippen LogP) is 3.03. The summed E-state index contributed by atoms with van der Waals surface area (Å²) >= 11 is 0. The van der Waals surface area contributed by atoms with Crippen LogP contribution < -0.4 is 16.0 Å². The largest absolute Gasteiger partial charge is 0.467 e. The standard InChI is InChI=1S/C24H25N3O4/c1-17(27-24(30)19-8-3-2-4-9-19)13-22(28)25-15-18-7-5-10-20(14-18)23(29)26-16-21-11-6-12-31-21/h2-12,14,17H,13,15-16H2,1H3,(H,25,28)(H,26,29)(H,27,30). The summed E-state index contributed by atoms with van der Waals surface area (Å²) in [6, 6.07) is 19.2. The number of hydrogen-bond acceptors (Lipinski definition) is 4. The van der Waals surface area contributed by atoms with Crippen molar-refractivity contribution in [2.75, 3.05) is 0 Å². The Kier molecular flexibility index (Phi) is 7.59. The van der Waals surface area contributed by atoms with Crippen LogP contribution in [0.4, 0.5) is 0 Å². The maximum Gasteiger partial charge on any atom is 0.251 e. The van der Waals surface area contributed by atoms with Crippen molar-refractivity contribution in [1.82, 2.24) is 16.0 Å². The fraction of sp³-hybridized carbons (Fsp3) is 0.208. The maximum atomic E-state index is 12.3. The van der Waals surface area contributed by atoms with E-state index in [4.69, 9.17) is 4.42 Å². The van der Waals surface area contributed by atoms with E-state index in [2.05, 4.69) is 16.0 Å². The van der Waals surface area contributed by atoms with Crippen molar-refractivity contribution in [1.29, 1.82) is 0 Å². The lowest BCUT2D eigenvalue weighted by molar-refractivity contribution is -0.121. The van der Waals surface area contributed by atoms with Gasteiger partial charge in [0.1, 0.15) is 5.76 Å². The fourth-order valence-electron chi connectivity index (χ4n) is 3.00. The molecule has 7 nitrogen and oxygen atoms in total. The molecule has 2 aromatic carbocycles. The molecule has 0 spiro atoms. The summed E-state index contributed by atoms with van der Waals surface area (Å²) in [6.07, 6.45) is 1.71. The van der Waals surface area contributed by atoms with Gasteiger partial charge in [0.15, 0.2) is 0 Å². The van der Waals surface area contributed by atoms with Crippen LogP contribution in [0.3, 0.4) is 0 Å². The van der Waals surface area contributed by atoms with Crippen LogP contribution in [0, 0.1) is 0 Å². The Labute approximate surface area is 180 Å². The van der Waals surface area contributed by atoms with E-state index < -0.39 is 0 Å². The number of hydrogen-bond donors (Lipinski definition) is 3. The summed E-state index contributed by atoms with van der Waals surface area (Å²) in [7, 11) is 0. The van der Waals surface area contributed by atoms with Gasteiger partial charge < -0.3 is 20.4 Å². The Morgan fingerprint density at radius 1 is 0.839 bits per heavy atom. The van der Waals surface area contributed by atoms with Gasteiger partial charge in [-0.1, -0.05) is 30.3 Å². The topological polar surface area (TPSA) is 100 Å². The number of carbonyl (C=O) groups is 3. The van der Waals surface area contributed by atoms with Crippen molar-refractivity contribution in [3.8, 4) is 0 Å². The second-order valence-electron chi connectivity index (χ2n) is 7.18. The van der Waals surface area contributed by atoms with Gasteiger partial charge in [-0.05, 0) is 48.9 Å². The van der Waals surface area contributed by atoms with Gasteiger partial charge in [-0.2, -0.15) is 0 Å². The number of carbonyl (C=O) groups excluding carboxylic acids is 3. The summed E-state index contributed by atoms with van der Waals surface area (Å²) in [5.74, 6) is 0.0507. The van der Waals surface area contributed by atoms with Gasteiger partial charge in [-0.3, -0.25) is 14.4 Å². The molecule has 3 amide bonds. The van der Waals surface area contributed by atoms with Crippen LogP contribution in [-0.4, -0.2) is 23.8 Å². The molecule has 1 atom stereocenters. The molecule has 31 heavy (non-hydrogen) atoms. The SMILES string of the molecule is CC(CC(=O)NCc1cccc(C(=O)NCc2ccco2)c1)NC(=O)c1ccccc1. The zero-order chi connectivity index (χ0) is 22.1. The molecule has 0 bridgehead atoms. The Morgan fingerprint density at radius 3 is 2.35 bits per heavy atom. The van der Waals surface area contributed by atoms with Crippen molar-refractivity contribution >= 4 is 17.7 Å². The Hall–Kier alpha value is -3.87. The average Bonchev–Trinajstić information content (AvgIpc) is 3.30. The Morgan fingerprint density at radius 2 is 1.61 bits per heavy atom. The van der Waals surface area contributed by atoms with Crippen molar-refractivity contribution in [3.05, 3.63) is 95.4 Å². The minimum absolute atomic E-state index is 0.155. The van der Waals surface area contributed by atoms with Crippen LogP contribution in [0.2, 0.25) is 0 Å². The van der Waals surface area contributed by atoms with Crippen LogP contribution in [-0.2, 0) is 17.9 Å². The summed E-state index contributed by atoms with van der Waals surface area (Å²) < 4.78 is 5.20. The number of furan rings is 1. The average molecular weight is 419 g/mol. The molecule has 0 aliphatic heterocycles. The third-order valence-electron chi connectivity index (χ3n) is 4.59. The number of nitrogens with one attached hydrogen (secondary N) is 3. The van der Waals surface area contributed by atoms with Crippen LogP contribution >= 0.6 is 0 Å². The number of benzene rings is 2. The third-order valence-corrected chi connectivity index (χ3v) is 4.59. The summed E-state index contributed by atoms with van der Waals surface area (Å²) in [5.41, 5.74) is 1.86. The number of rotatable bonds is 9. The van der Waals surface area contributed by atoms with Crippen LogP contribution in [0.25, 0.3) is 0 Å². The maximum absolute atomic E-state index is 12.3. The number of amides is 3. The molecule has 1 unspecified atom stereocenters. The fourth-order valence-corrected chi connectivity index (χ4v) is 3.00. The highest BCUT2D eigenvalue weighted by molar-refractivity contribution is 5.95. The second-order valence-corrected chi connectivity index (χ2v) is 7.18. The molecular weight excluding hydrogens is 394 g/mol. The first-order chi connectivity index (χ1) is 15.0. The van der Waals surface area contributed by atoms with Gasteiger partial charge >= 0.3 is 0 Å². The molecule has 3 N–H and O–H groups in total. The molecule has 7 heteroatoms. The molecule has 0 saturated heterocycles. The quantitative estimate of drug-likeness (QED) is 0.496. The lowest BCUT2D eigenvalue weighted by Gasteiger charge is -2.14. The third kappa shape index (κ3) is 6.85. The van der Waals surface area contributed by atoms with Crippen molar-refractivity contribution in [2.45, 2.75) is 32.5 Å². The van der Waals surface area contributed by atoms with Crippen molar-refractivity contribution in [3.63, 3.8) is 0 Å². The van der Waals surface area contributed by atoms with Crippen molar-refractivity contribution < 1.29 is 18.8 Å². The Bertz CT molecular complexity index is 1020. The first-order valence-corrected chi connectivity index (χ1v) is 10.0. The van der Waals surface area contributed by atoms with E-state index in [1.165, 1.54) is 0 Å². The molecule has 160 valence electrons. The van der Waals surface area contributed by atoms with Crippen LogP contribution in [0.1, 0.15) is 45.4 Å². The highest BCUT2D eigenvalue weighted by Gasteiger charge is 2.13.